The lowest BCUT2D eigenvalue weighted by molar-refractivity contribution is 0.164. The molecule has 3 rings (SSSR count). The summed E-state index contributed by atoms with van der Waals surface area (Å²) in [7, 11) is -4.67. The predicted molar refractivity (Wildman–Crippen MR) is 128 cm³/mol. The van der Waals surface area contributed by atoms with Crippen LogP contribution in [0.3, 0.4) is 0 Å². The molecule has 4 N–H and O–H groups in total. The minimum atomic E-state index is -4.67. The Balaban J connectivity index is 1.76. The third-order valence-corrected chi connectivity index (χ3v) is 6.10. The summed E-state index contributed by atoms with van der Waals surface area (Å²) >= 11 is 7.48. The van der Waals surface area contributed by atoms with Crippen molar-refractivity contribution in [2.45, 2.75) is 26.0 Å². The van der Waals surface area contributed by atoms with Crippen molar-refractivity contribution in [2.75, 3.05) is 13.2 Å². The lowest BCUT2D eigenvalue weighted by Crippen LogP contribution is -2.32. The van der Waals surface area contributed by atoms with Gasteiger partial charge in [0.05, 0.1) is 29.3 Å². The van der Waals surface area contributed by atoms with E-state index in [0.717, 1.165) is 17.4 Å². The SMILES string of the molecule is CC(C)Oc1ccc(-c2nnc(-c3cc(F)c(OC[C@H](N)COP(=O)(O)O)cc3Cl)s2)cc1C#N. The number of ether oxygens (including phenoxy) is 2. The molecule has 14 heteroatoms. The molecule has 0 radical (unpaired) electrons. The third-order valence-electron chi connectivity index (χ3n) is 4.30. The van der Waals surface area contributed by atoms with Gasteiger partial charge in [-0.15, -0.1) is 10.2 Å². The quantitative estimate of drug-likeness (QED) is 0.317. The highest BCUT2D eigenvalue weighted by atomic mass is 35.5. The van der Waals surface area contributed by atoms with E-state index in [1.165, 1.54) is 6.07 Å². The number of aromatic nitrogens is 2. The summed E-state index contributed by atoms with van der Waals surface area (Å²) in [5.41, 5.74) is 6.94. The zero-order chi connectivity index (χ0) is 25.8. The summed E-state index contributed by atoms with van der Waals surface area (Å²) in [5, 5.41) is 18.7. The number of hydrogen-bond donors (Lipinski definition) is 3. The van der Waals surface area contributed by atoms with Gasteiger partial charge in [0.2, 0.25) is 0 Å². The van der Waals surface area contributed by atoms with Crippen molar-refractivity contribution < 1.29 is 32.7 Å². The Kier molecular flexibility index (Phi) is 8.79. The van der Waals surface area contributed by atoms with E-state index in [9.17, 15) is 14.2 Å². The molecule has 0 amide bonds. The van der Waals surface area contributed by atoms with E-state index in [1.807, 2.05) is 13.8 Å². The Bertz CT molecular complexity index is 1300. The topological polar surface area (TPSA) is 161 Å². The van der Waals surface area contributed by atoms with Gasteiger partial charge in [-0.25, -0.2) is 8.96 Å². The first-order valence-electron chi connectivity index (χ1n) is 10.1. The summed E-state index contributed by atoms with van der Waals surface area (Å²) in [5.74, 6) is -0.481. The molecule has 0 saturated heterocycles. The largest absolute Gasteiger partial charge is 0.490 e. The molecule has 1 atom stereocenters. The Morgan fingerprint density at radius 2 is 1.91 bits per heavy atom. The van der Waals surface area contributed by atoms with E-state index in [4.69, 9.17) is 36.6 Å². The second-order valence-corrected chi connectivity index (χ2v) is 10.1. The van der Waals surface area contributed by atoms with Gasteiger partial charge in [-0.2, -0.15) is 5.26 Å². The van der Waals surface area contributed by atoms with Gasteiger partial charge < -0.3 is 25.0 Å². The van der Waals surface area contributed by atoms with E-state index in [0.29, 0.717) is 26.9 Å². The number of nitrogens with two attached hydrogens (primary N) is 1. The zero-order valence-corrected chi connectivity index (χ0v) is 21.0. The van der Waals surface area contributed by atoms with Crippen LogP contribution in [0, 0.1) is 17.1 Å². The molecule has 0 fully saturated rings. The van der Waals surface area contributed by atoms with Gasteiger partial charge in [0.15, 0.2) is 11.6 Å². The average molecular weight is 543 g/mol. The molecule has 0 aliphatic rings. The Morgan fingerprint density at radius 3 is 2.57 bits per heavy atom. The van der Waals surface area contributed by atoms with Crippen molar-refractivity contribution in [2.24, 2.45) is 5.73 Å². The second kappa shape index (κ2) is 11.4. The van der Waals surface area contributed by atoms with Crippen molar-refractivity contribution in [3.8, 4) is 38.7 Å². The predicted octanol–water partition coefficient (Wildman–Crippen LogP) is 4.14. The summed E-state index contributed by atoms with van der Waals surface area (Å²) in [6.45, 7) is 2.97. The second-order valence-electron chi connectivity index (χ2n) is 7.52. The summed E-state index contributed by atoms with van der Waals surface area (Å²) in [6, 6.07) is 8.64. The molecule has 0 saturated carbocycles. The molecule has 1 aromatic heterocycles. The van der Waals surface area contributed by atoms with Crippen molar-refractivity contribution in [3.05, 3.63) is 46.7 Å². The maximum Gasteiger partial charge on any atom is 0.469 e. The number of nitriles is 1. The van der Waals surface area contributed by atoms with Crippen LogP contribution in [0.5, 0.6) is 11.5 Å². The number of nitrogens with zero attached hydrogens (tertiary/aromatic N) is 3. The van der Waals surface area contributed by atoms with Crippen LogP contribution in [0.4, 0.5) is 4.39 Å². The molecule has 35 heavy (non-hydrogen) atoms. The van der Waals surface area contributed by atoms with Crippen molar-refractivity contribution in [3.63, 3.8) is 0 Å². The van der Waals surface area contributed by atoms with Crippen LogP contribution in [0.25, 0.3) is 21.1 Å². The first-order valence-corrected chi connectivity index (χ1v) is 12.8. The van der Waals surface area contributed by atoms with Gasteiger partial charge >= 0.3 is 7.82 Å². The Morgan fingerprint density at radius 1 is 1.20 bits per heavy atom. The molecular formula is C21H21ClFN4O6PS. The van der Waals surface area contributed by atoms with E-state index < -0.39 is 26.3 Å². The highest BCUT2D eigenvalue weighted by Gasteiger charge is 2.19. The van der Waals surface area contributed by atoms with Gasteiger partial charge in [-0.3, -0.25) is 4.52 Å². The third kappa shape index (κ3) is 7.43. The molecule has 10 nitrogen and oxygen atoms in total. The molecule has 0 aliphatic carbocycles. The van der Waals surface area contributed by atoms with Gasteiger partial charge in [0.1, 0.15) is 28.4 Å². The van der Waals surface area contributed by atoms with E-state index in [2.05, 4.69) is 20.8 Å². The fraction of sp³-hybridized carbons (Fsp3) is 0.286. The van der Waals surface area contributed by atoms with Crippen LogP contribution in [0.2, 0.25) is 5.02 Å². The number of halogens is 2. The van der Waals surface area contributed by atoms with Gasteiger partial charge in [0.25, 0.3) is 0 Å². The van der Waals surface area contributed by atoms with Crippen molar-refractivity contribution >= 4 is 30.8 Å². The molecular weight excluding hydrogens is 522 g/mol. The first kappa shape index (κ1) is 27.0. The molecule has 1 heterocycles. The maximum atomic E-state index is 14.6. The molecule has 0 spiro atoms. The number of benzene rings is 2. The zero-order valence-electron chi connectivity index (χ0n) is 18.5. The van der Waals surface area contributed by atoms with Crippen LogP contribution in [0.1, 0.15) is 19.4 Å². The lowest BCUT2D eigenvalue weighted by Gasteiger charge is -2.15. The van der Waals surface area contributed by atoms with Gasteiger partial charge in [-0.1, -0.05) is 22.9 Å². The molecule has 2 aromatic carbocycles. The summed E-state index contributed by atoms with van der Waals surface area (Å²) < 4.78 is 40.6. The number of phosphoric acid groups is 1. The van der Waals surface area contributed by atoms with Crippen LogP contribution in [-0.2, 0) is 9.09 Å². The van der Waals surface area contributed by atoms with Crippen LogP contribution in [-0.4, -0.2) is 45.3 Å². The number of hydrogen-bond acceptors (Lipinski definition) is 9. The summed E-state index contributed by atoms with van der Waals surface area (Å²) in [4.78, 5) is 17.4. The van der Waals surface area contributed by atoms with Gasteiger partial charge in [-0.05, 0) is 38.1 Å². The summed E-state index contributed by atoms with van der Waals surface area (Å²) in [6.07, 6.45) is -0.0890. The maximum absolute atomic E-state index is 14.6. The average Bonchev–Trinajstić information content (AvgIpc) is 3.27. The molecule has 3 aromatic rings. The molecule has 0 unspecified atom stereocenters. The van der Waals surface area contributed by atoms with Crippen LogP contribution >= 0.6 is 30.8 Å². The number of phosphoric ester groups is 1. The normalized spacial score (nSPS) is 12.4. The van der Waals surface area contributed by atoms with E-state index >= 15 is 0 Å². The van der Waals surface area contributed by atoms with Crippen LogP contribution < -0.4 is 15.2 Å². The fourth-order valence-corrected chi connectivity index (χ4v) is 4.35. The monoisotopic (exact) mass is 542 g/mol. The Hall–Kier alpha value is -2.62. The molecule has 186 valence electrons. The van der Waals surface area contributed by atoms with Crippen molar-refractivity contribution in [1.29, 1.82) is 5.26 Å². The fourth-order valence-electron chi connectivity index (χ4n) is 2.80. The molecule has 0 bridgehead atoms. The smallest absolute Gasteiger partial charge is 0.469 e. The lowest BCUT2D eigenvalue weighted by atomic mass is 10.1. The minimum Gasteiger partial charge on any atom is -0.490 e. The minimum absolute atomic E-state index is 0.0890. The number of rotatable bonds is 10. The highest BCUT2D eigenvalue weighted by molar-refractivity contribution is 7.46. The first-order chi connectivity index (χ1) is 16.5. The standard InChI is InChI=1S/C21H21ClFN4O6PS/c1-11(2)33-18-4-3-12(5-13(18)8-24)20-26-27-21(35-20)15-6-17(23)19(7-16(15)22)31-9-14(25)10-32-34(28,29)30/h3-7,11,14H,9-10,25H2,1-2H3,(H2,28,29,30)/t14-/m0/s1. The van der Waals surface area contributed by atoms with E-state index in [-0.39, 0.29) is 29.0 Å². The van der Waals surface area contributed by atoms with Gasteiger partial charge in [0, 0.05) is 17.2 Å². The Labute approximate surface area is 209 Å². The highest BCUT2D eigenvalue weighted by Crippen LogP contribution is 2.38. The van der Waals surface area contributed by atoms with Crippen LogP contribution in [0.15, 0.2) is 30.3 Å². The van der Waals surface area contributed by atoms with Crippen molar-refractivity contribution in [1.82, 2.24) is 10.2 Å². The van der Waals surface area contributed by atoms with E-state index in [1.54, 1.807) is 18.2 Å². The molecule has 0 aliphatic heterocycles.